The first kappa shape index (κ1) is 41.1. The summed E-state index contributed by atoms with van der Waals surface area (Å²) >= 11 is 12.7. The lowest BCUT2D eigenvalue weighted by Gasteiger charge is -2.39. The van der Waals surface area contributed by atoms with Crippen LogP contribution < -0.4 is 19.1 Å². The van der Waals surface area contributed by atoms with Gasteiger partial charge in [-0.1, -0.05) is 60.8 Å². The van der Waals surface area contributed by atoms with Crippen molar-refractivity contribution in [1.82, 2.24) is 19.8 Å². The Balaban J connectivity index is 0.993. The zero-order chi connectivity index (χ0) is 41.1. The van der Waals surface area contributed by atoms with Crippen molar-refractivity contribution in [2.24, 2.45) is 5.41 Å². The van der Waals surface area contributed by atoms with E-state index in [9.17, 15) is 13.2 Å². The average molecular weight is 861 g/mol. The van der Waals surface area contributed by atoms with Gasteiger partial charge < -0.3 is 23.8 Å². The summed E-state index contributed by atoms with van der Waals surface area (Å²) in [5.74, 6) is 0.0826. The van der Waals surface area contributed by atoms with Gasteiger partial charge in [0.2, 0.25) is 0 Å². The van der Waals surface area contributed by atoms with Crippen LogP contribution in [0.1, 0.15) is 49.0 Å². The van der Waals surface area contributed by atoms with E-state index in [4.69, 9.17) is 42.1 Å². The maximum atomic E-state index is 13.9. The van der Waals surface area contributed by atoms with Gasteiger partial charge in [-0.2, -0.15) is 5.10 Å². The van der Waals surface area contributed by atoms with Crippen LogP contribution >= 0.6 is 23.2 Å². The van der Waals surface area contributed by atoms with E-state index < -0.39 is 15.9 Å². The van der Waals surface area contributed by atoms with Crippen molar-refractivity contribution in [3.63, 3.8) is 0 Å². The fourth-order valence-corrected chi connectivity index (χ4v) is 9.26. The molecule has 59 heavy (non-hydrogen) atoms. The van der Waals surface area contributed by atoms with Crippen molar-refractivity contribution >= 4 is 61.3 Å². The van der Waals surface area contributed by atoms with Gasteiger partial charge in [-0.05, 0) is 90.4 Å². The lowest BCUT2D eigenvalue weighted by atomic mass is 9.72. The molecule has 1 unspecified atom stereocenters. The molecule has 0 bridgehead atoms. The molecule has 8 rings (SSSR count). The Morgan fingerprint density at radius 3 is 2.54 bits per heavy atom. The highest BCUT2D eigenvalue weighted by molar-refractivity contribution is 7.90. The smallest absolute Gasteiger partial charge is 0.268 e. The number of ether oxygens (including phenoxy) is 4. The van der Waals surface area contributed by atoms with Crippen LogP contribution in [0.15, 0.2) is 95.5 Å². The maximum absolute atomic E-state index is 13.9. The molecular formula is C44H47Cl2N5O7S. The van der Waals surface area contributed by atoms with Gasteiger partial charge >= 0.3 is 0 Å². The lowest BCUT2D eigenvalue weighted by Crippen LogP contribution is -2.47. The Morgan fingerprint density at radius 1 is 0.966 bits per heavy atom. The van der Waals surface area contributed by atoms with E-state index in [1.54, 1.807) is 24.4 Å². The molecule has 2 aliphatic heterocycles. The largest absolute Gasteiger partial charge is 0.489 e. The quantitative estimate of drug-likeness (QED) is 0.126. The highest BCUT2D eigenvalue weighted by Gasteiger charge is 2.30. The average Bonchev–Trinajstić information content (AvgIpc) is 3.72. The van der Waals surface area contributed by atoms with Gasteiger partial charge in [-0.15, -0.1) is 0 Å². The molecule has 2 fully saturated rings. The van der Waals surface area contributed by atoms with Gasteiger partial charge in [-0.25, -0.2) is 13.1 Å². The summed E-state index contributed by atoms with van der Waals surface area (Å²) in [6, 6.07) is 22.9. The van der Waals surface area contributed by atoms with Crippen LogP contribution in [0.25, 0.3) is 16.5 Å². The zero-order valence-electron chi connectivity index (χ0n) is 33.0. The van der Waals surface area contributed by atoms with E-state index in [0.717, 1.165) is 68.2 Å². The molecule has 12 nitrogen and oxygen atoms in total. The van der Waals surface area contributed by atoms with E-state index in [1.165, 1.54) is 34.9 Å². The predicted octanol–water partition coefficient (Wildman–Crippen LogP) is 8.36. The minimum atomic E-state index is -4.36. The zero-order valence-corrected chi connectivity index (χ0v) is 35.3. The molecule has 1 aliphatic carbocycles. The topological polar surface area (TPSA) is 135 Å². The maximum Gasteiger partial charge on any atom is 0.268 e. The third-order valence-electron chi connectivity index (χ3n) is 11.2. The van der Waals surface area contributed by atoms with E-state index in [2.05, 4.69) is 50.7 Å². The summed E-state index contributed by atoms with van der Waals surface area (Å²) < 4.78 is 52.6. The molecule has 2 saturated heterocycles. The van der Waals surface area contributed by atoms with Crippen LogP contribution in [0.2, 0.25) is 10.0 Å². The van der Waals surface area contributed by atoms with E-state index in [0.29, 0.717) is 31.0 Å². The summed E-state index contributed by atoms with van der Waals surface area (Å²) in [7, 11) is -4.36. The van der Waals surface area contributed by atoms with Gasteiger partial charge in [0.25, 0.3) is 15.9 Å². The number of aromatic nitrogens is 2. The second-order valence-electron chi connectivity index (χ2n) is 16.0. The van der Waals surface area contributed by atoms with Crippen molar-refractivity contribution in [2.45, 2.75) is 44.1 Å². The van der Waals surface area contributed by atoms with Crippen LogP contribution in [-0.4, -0.2) is 94.7 Å². The van der Waals surface area contributed by atoms with Gasteiger partial charge in [0, 0.05) is 49.5 Å². The van der Waals surface area contributed by atoms with Crippen LogP contribution in [0.5, 0.6) is 17.2 Å². The number of fused-ring (bicyclic) bond motifs is 1. The molecular weight excluding hydrogens is 813 g/mol. The molecule has 3 aliphatic rings. The molecule has 0 saturated carbocycles. The number of sulfonamides is 1. The number of allylic oxidation sites excluding steroid dienone is 1. The van der Waals surface area contributed by atoms with Crippen molar-refractivity contribution in [2.75, 3.05) is 64.1 Å². The Hall–Kier alpha value is -4.63. The summed E-state index contributed by atoms with van der Waals surface area (Å²) in [4.78, 5) is 18.5. The lowest BCUT2D eigenvalue weighted by molar-refractivity contribution is -0.101. The van der Waals surface area contributed by atoms with Crippen molar-refractivity contribution < 1.29 is 32.2 Å². The van der Waals surface area contributed by atoms with E-state index >= 15 is 0 Å². The number of aromatic amines is 1. The molecule has 1 aromatic heterocycles. The summed E-state index contributed by atoms with van der Waals surface area (Å²) in [5, 5.41) is 8.61. The summed E-state index contributed by atoms with van der Waals surface area (Å²) in [5.41, 5.74) is 6.05. The Morgan fingerprint density at radius 2 is 1.78 bits per heavy atom. The number of amides is 1. The van der Waals surface area contributed by atoms with Gasteiger partial charge in [0.05, 0.1) is 52.4 Å². The Labute approximate surface area is 354 Å². The monoisotopic (exact) mass is 859 g/mol. The summed E-state index contributed by atoms with van der Waals surface area (Å²) in [6.07, 6.45) is 4.63. The van der Waals surface area contributed by atoms with E-state index in [-0.39, 0.29) is 45.1 Å². The highest BCUT2D eigenvalue weighted by atomic mass is 35.5. The minimum absolute atomic E-state index is 0.0408. The Kier molecular flexibility index (Phi) is 12.2. The molecule has 1 atom stereocenters. The number of anilines is 1. The van der Waals surface area contributed by atoms with E-state index in [1.807, 2.05) is 30.3 Å². The molecule has 0 radical (unpaired) electrons. The van der Waals surface area contributed by atoms with Crippen LogP contribution in [0, 0.1) is 5.41 Å². The first-order chi connectivity index (χ1) is 28.4. The third kappa shape index (κ3) is 9.72. The Bertz CT molecular complexity index is 2460. The van der Waals surface area contributed by atoms with Crippen molar-refractivity contribution in [3.8, 4) is 17.2 Å². The van der Waals surface area contributed by atoms with Gasteiger partial charge in [-0.3, -0.25) is 14.8 Å². The number of hydrogen-bond donors (Lipinski definition) is 2. The fourth-order valence-electron chi connectivity index (χ4n) is 7.84. The third-order valence-corrected chi connectivity index (χ3v) is 13.0. The number of benzene rings is 4. The fraction of sp³-hybridized carbons (Fsp3) is 0.364. The second-order valence-corrected chi connectivity index (χ2v) is 18.5. The van der Waals surface area contributed by atoms with Crippen molar-refractivity contribution in [3.05, 3.63) is 112 Å². The molecule has 15 heteroatoms. The highest BCUT2D eigenvalue weighted by Crippen LogP contribution is 2.43. The van der Waals surface area contributed by atoms with Gasteiger partial charge in [0.1, 0.15) is 30.0 Å². The standard InChI is InChI=1S/C44H47Cl2N5O7S/c1-44(2)15-14-30(36(24-44)29-6-8-31(45)9-7-29)26-50-16-18-51(19-17-50)32-10-12-35(42(22-32)58-40-5-3-4-39-37(40)25-47-48-39)43(52)49-59(53,54)34-11-13-41(38(46)23-34)57-28-33-27-55-20-21-56-33/h3-13,22-23,25,33H,14-21,24,26-28H2,1-2H3,(H,47,48)(H,49,52). The van der Waals surface area contributed by atoms with Crippen molar-refractivity contribution in [1.29, 1.82) is 0 Å². The summed E-state index contributed by atoms with van der Waals surface area (Å²) in [6.45, 7) is 10.4. The predicted molar refractivity (Wildman–Crippen MR) is 229 cm³/mol. The number of nitrogens with zero attached hydrogens (tertiary/aromatic N) is 3. The first-order valence-corrected chi connectivity index (χ1v) is 22.0. The second kappa shape index (κ2) is 17.5. The number of hydrogen-bond acceptors (Lipinski definition) is 10. The number of piperazine rings is 1. The number of H-pyrrole nitrogens is 1. The van der Waals surface area contributed by atoms with Crippen LogP contribution in [0.4, 0.5) is 5.69 Å². The molecule has 310 valence electrons. The number of rotatable bonds is 12. The SMILES string of the molecule is CC1(C)CCC(CN2CCN(c3ccc(C(=O)NS(=O)(=O)c4ccc(OCC5COCCO5)c(Cl)c4)c(Oc4cccc5[nH]ncc45)c3)CC2)=C(c2ccc(Cl)cc2)C1. The van der Waals surface area contributed by atoms with Crippen LogP contribution in [0.3, 0.4) is 0 Å². The first-order valence-electron chi connectivity index (χ1n) is 19.8. The molecule has 2 N–H and O–H groups in total. The molecule has 1 amide bonds. The number of halogens is 2. The number of carbonyl (C=O) groups excluding carboxylic acids is 1. The normalized spacial score (nSPS) is 18.8. The molecule has 3 heterocycles. The van der Waals surface area contributed by atoms with Crippen LogP contribution in [-0.2, 0) is 19.5 Å². The number of carbonyl (C=O) groups is 1. The minimum Gasteiger partial charge on any atom is -0.489 e. The molecule has 4 aromatic carbocycles. The molecule has 0 spiro atoms. The number of nitrogens with one attached hydrogen (secondary N) is 2. The van der Waals surface area contributed by atoms with Gasteiger partial charge in [0.15, 0.2) is 0 Å². The molecule has 5 aromatic rings.